The van der Waals surface area contributed by atoms with E-state index in [1.807, 2.05) is 54.7 Å². The van der Waals surface area contributed by atoms with Gasteiger partial charge < -0.3 is 25.0 Å². The molecule has 0 radical (unpaired) electrons. The van der Waals surface area contributed by atoms with E-state index >= 15 is 0 Å². The lowest BCUT2D eigenvalue weighted by Gasteiger charge is -2.21. The van der Waals surface area contributed by atoms with Crippen molar-refractivity contribution < 1.29 is 19.4 Å². The standard InChI is InChI=1S/C25H23N3O4/c29-21(27-25(9-10-25)24-13-23(24,14-24)22(30)31)16-5-3-4-15-8-11-28(20(15)16)12-19-26-17-6-1-2-7-18(17)32-19/h1-8,11,19,26H,9-10,12-14H2,(H,27,29)(H,30,31). The van der Waals surface area contributed by atoms with E-state index in [0.29, 0.717) is 24.9 Å². The fraction of sp³-hybridized carbons (Fsp3) is 0.360. The molecule has 3 fully saturated rings. The molecule has 7 heteroatoms. The molecule has 7 rings (SSSR count). The average molecular weight is 429 g/mol. The Balaban J connectivity index is 1.16. The van der Waals surface area contributed by atoms with E-state index in [-0.39, 0.29) is 23.1 Å². The number of carbonyl (C=O) groups excluding carboxylic acids is 1. The lowest BCUT2D eigenvalue weighted by molar-refractivity contribution is -0.141. The second kappa shape index (κ2) is 5.65. The molecule has 1 aliphatic heterocycles. The molecule has 0 bridgehead atoms. The van der Waals surface area contributed by atoms with E-state index in [1.165, 1.54) is 0 Å². The van der Waals surface area contributed by atoms with Gasteiger partial charge in [0.05, 0.1) is 28.7 Å². The van der Waals surface area contributed by atoms with Crippen LogP contribution in [-0.4, -0.2) is 33.3 Å². The number of anilines is 1. The fourth-order valence-electron chi connectivity index (χ4n) is 6.08. The molecule has 162 valence electrons. The molecule has 2 aromatic carbocycles. The Hall–Kier alpha value is -3.48. The van der Waals surface area contributed by atoms with Crippen LogP contribution < -0.4 is 15.4 Å². The minimum Gasteiger partial charge on any atom is -0.481 e. The van der Waals surface area contributed by atoms with Gasteiger partial charge in [0.25, 0.3) is 5.91 Å². The van der Waals surface area contributed by atoms with Crippen molar-refractivity contribution in [1.29, 1.82) is 0 Å². The second-order valence-corrected chi connectivity index (χ2v) is 9.82. The van der Waals surface area contributed by atoms with Gasteiger partial charge in [0.1, 0.15) is 5.75 Å². The molecule has 3 N–H and O–H groups in total. The molecule has 4 aliphatic rings. The third kappa shape index (κ3) is 2.20. The minimum atomic E-state index is -0.709. The maximum absolute atomic E-state index is 13.4. The van der Waals surface area contributed by atoms with Crippen molar-refractivity contribution >= 4 is 28.5 Å². The average Bonchev–Trinajstić information content (AvgIpc) is 3.69. The highest BCUT2D eigenvalue weighted by molar-refractivity contribution is 6.06. The molecule has 1 aromatic heterocycles. The molecular weight excluding hydrogens is 406 g/mol. The number of hydrogen-bond acceptors (Lipinski definition) is 4. The Kier molecular flexibility index (Phi) is 3.20. The van der Waals surface area contributed by atoms with E-state index in [1.54, 1.807) is 0 Å². The summed E-state index contributed by atoms with van der Waals surface area (Å²) < 4.78 is 8.08. The van der Waals surface area contributed by atoms with E-state index in [0.717, 1.165) is 35.2 Å². The number of aromatic nitrogens is 1. The lowest BCUT2D eigenvalue weighted by atomic mass is 10.0. The summed E-state index contributed by atoms with van der Waals surface area (Å²) in [6.07, 6.45) is 4.88. The number of nitrogens with zero attached hydrogens (tertiary/aromatic N) is 1. The molecule has 7 nitrogen and oxygen atoms in total. The smallest absolute Gasteiger partial charge is 0.310 e. The van der Waals surface area contributed by atoms with E-state index < -0.39 is 11.4 Å². The number of fused-ring (bicyclic) bond motifs is 3. The predicted molar refractivity (Wildman–Crippen MR) is 118 cm³/mol. The van der Waals surface area contributed by atoms with Gasteiger partial charge >= 0.3 is 5.97 Å². The molecule has 2 heterocycles. The molecule has 1 atom stereocenters. The van der Waals surface area contributed by atoms with Gasteiger partial charge in [-0.2, -0.15) is 0 Å². The number of carbonyl (C=O) groups is 2. The summed E-state index contributed by atoms with van der Waals surface area (Å²) >= 11 is 0. The van der Waals surface area contributed by atoms with Gasteiger partial charge in [0.15, 0.2) is 6.23 Å². The summed E-state index contributed by atoms with van der Waals surface area (Å²) in [7, 11) is 0. The zero-order valence-electron chi connectivity index (χ0n) is 17.4. The number of rotatable bonds is 6. The van der Waals surface area contributed by atoms with Gasteiger partial charge in [-0.15, -0.1) is 0 Å². The first kappa shape index (κ1) is 18.1. The van der Waals surface area contributed by atoms with Crippen LogP contribution in [0, 0.1) is 10.8 Å². The molecule has 0 saturated heterocycles. The van der Waals surface area contributed by atoms with Gasteiger partial charge in [0.2, 0.25) is 0 Å². The first-order valence-corrected chi connectivity index (χ1v) is 11.1. The van der Waals surface area contributed by atoms with E-state index in [2.05, 4.69) is 15.2 Å². The highest BCUT2D eigenvalue weighted by Gasteiger charge is 2.95. The highest BCUT2D eigenvalue weighted by atomic mass is 16.5. The molecule has 3 saturated carbocycles. The van der Waals surface area contributed by atoms with Crippen LogP contribution >= 0.6 is 0 Å². The normalized spacial score (nSPS) is 29.9. The van der Waals surface area contributed by atoms with Crippen molar-refractivity contribution in [3.63, 3.8) is 0 Å². The second-order valence-electron chi connectivity index (χ2n) is 9.82. The molecule has 3 aliphatic carbocycles. The summed E-state index contributed by atoms with van der Waals surface area (Å²) in [4.78, 5) is 25.1. The number of benzene rings is 2. The Labute approximate surface area is 184 Å². The van der Waals surface area contributed by atoms with Crippen molar-refractivity contribution in [3.05, 3.63) is 60.3 Å². The number of carboxylic acid groups (broad SMARTS) is 1. The molecule has 0 spiro atoms. The van der Waals surface area contributed by atoms with Crippen LogP contribution in [0.1, 0.15) is 36.0 Å². The number of amides is 1. The van der Waals surface area contributed by atoms with E-state index in [4.69, 9.17) is 4.74 Å². The van der Waals surface area contributed by atoms with Crippen LogP contribution in [0.3, 0.4) is 0 Å². The fourth-order valence-corrected chi connectivity index (χ4v) is 6.08. The van der Waals surface area contributed by atoms with Crippen LogP contribution in [0.4, 0.5) is 5.69 Å². The summed E-state index contributed by atoms with van der Waals surface area (Å²) in [5, 5.41) is 17.2. The van der Waals surface area contributed by atoms with Gasteiger partial charge in [-0.25, -0.2) is 0 Å². The van der Waals surface area contributed by atoms with Gasteiger partial charge in [0, 0.05) is 22.5 Å². The highest BCUT2D eigenvalue weighted by Crippen LogP contribution is 2.93. The van der Waals surface area contributed by atoms with E-state index in [9.17, 15) is 14.7 Å². The topological polar surface area (TPSA) is 92.6 Å². The third-order valence-electron chi connectivity index (χ3n) is 8.17. The quantitative estimate of drug-likeness (QED) is 0.557. The first-order valence-electron chi connectivity index (χ1n) is 11.1. The Morgan fingerprint density at radius 2 is 1.94 bits per heavy atom. The summed E-state index contributed by atoms with van der Waals surface area (Å²) in [6, 6.07) is 15.6. The van der Waals surface area contributed by atoms with Crippen LogP contribution in [0.25, 0.3) is 10.9 Å². The minimum absolute atomic E-state index is 0.121. The Morgan fingerprint density at radius 3 is 2.66 bits per heavy atom. The monoisotopic (exact) mass is 429 g/mol. The maximum Gasteiger partial charge on any atom is 0.310 e. The number of para-hydroxylation sites is 3. The number of ether oxygens (including phenoxy) is 1. The Bertz CT molecular complexity index is 1290. The summed E-state index contributed by atoms with van der Waals surface area (Å²) in [6.45, 7) is 0.555. The van der Waals surface area contributed by atoms with Crippen LogP contribution in [0.2, 0.25) is 0 Å². The number of nitrogens with one attached hydrogen (secondary N) is 2. The lowest BCUT2D eigenvalue weighted by Crippen LogP contribution is -2.41. The Morgan fingerprint density at radius 1 is 1.12 bits per heavy atom. The summed E-state index contributed by atoms with van der Waals surface area (Å²) in [5.74, 6) is 0.000742. The van der Waals surface area contributed by atoms with Crippen LogP contribution in [0.15, 0.2) is 54.7 Å². The number of hydrogen-bond donors (Lipinski definition) is 3. The molecule has 3 aromatic rings. The molecule has 32 heavy (non-hydrogen) atoms. The van der Waals surface area contributed by atoms with Crippen molar-refractivity contribution in [2.75, 3.05) is 5.32 Å². The predicted octanol–water partition coefficient (Wildman–Crippen LogP) is 3.60. The molecule has 1 unspecified atom stereocenters. The van der Waals surface area contributed by atoms with Crippen molar-refractivity contribution in [2.24, 2.45) is 10.8 Å². The zero-order valence-corrected chi connectivity index (χ0v) is 17.4. The van der Waals surface area contributed by atoms with Gasteiger partial charge in [-0.05, 0) is 49.9 Å². The SMILES string of the molecule is O=C(NC1(C23CC2(C(=O)O)C3)CC1)c1cccc2ccn(CC3Nc4ccccc4O3)c12. The molecular formula is C25H23N3O4. The van der Waals surface area contributed by atoms with Crippen molar-refractivity contribution in [3.8, 4) is 5.75 Å². The van der Waals surface area contributed by atoms with Crippen molar-refractivity contribution in [2.45, 2.75) is 44.0 Å². The maximum atomic E-state index is 13.4. The third-order valence-corrected chi connectivity index (χ3v) is 8.17. The van der Waals surface area contributed by atoms with Gasteiger partial charge in [-0.3, -0.25) is 9.59 Å². The van der Waals surface area contributed by atoms with Gasteiger partial charge in [-0.1, -0.05) is 24.3 Å². The van der Waals surface area contributed by atoms with Crippen LogP contribution in [-0.2, 0) is 11.3 Å². The largest absolute Gasteiger partial charge is 0.481 e. The zero-order chi connectivity index (χ0) is 21.7. The number of aliphatic carboxylic acids is 1. The van der Waals surface area contributed by atoms with Crippen molar-refractivity contribution in [1.82, 2.24) is 9.88 Å². The molecule has 1 amide bonds. The van der Waals surface area contributed by atoms with Crippen LogP contribution in [0.5, 0.6) is 5.75 Å². The summed E-state index contributed by atoms with van der Waals surface area (Å²) in [5.41, 5.74) is 1.31. The first-order chi connectivity index (χ1) is 15.5. The number of carboxylic acids is 1.